The molecule has 0 atom stereocenters. The summed E-state index contributed by atoms with van der Waals surface area (Å²) in [7, 11) is 1.52. The standard InChI is InChI=1S/C9H11FN2O2/c1-14-6-5-12-9(13)7-3-2-4-11-8(7)10/h2-4H,5-6H2,1H3,(H,12,13). The molecular formula is C9H11FN2O2. The number of carbonyl (C=O) groups is 1. The first-order valence-electron chi connectivity index (χ1n) is 4.13. The third kappa shape index (κ3) is 2.77. The molecule has 0 aliphatic heterocycles. The van der Waals surface area contributed by atoms with Gasteiger partial charge in [-0.15, -0.1) is 0 Å². The van der Waals surface area contributed by atoms with E-state index in [-0.39, 0.29) is 5.56 Å². The molecule has 1 heterocycles. The molecule has 0 aromatic carbocycles. The fourth-order valence-corrected chi connectivity index (χ4v) is 0.917. The Labute approximate surface area is 81.1 Å². The van der Waals surface area contributed by atoms with Crippen molar-refractivity contribution in [3.8, 4) is 0 Å². The minimum atomic E-state index is -0.762. The summed E-state index contributed by atoms with van der Waals surface area (Å²) < 4.78 is 17.7. The van der Waals surface area contributed by atoms with Crippen molar-refractivity contribution in [3.63, 3.8) is 0 Å². The number of hydrogen-bond acceptors (Lipinski definition) is 3. The minimum Gasteiger partial charge on any atom is -0.383 e. The number of hydrogen-bond donors (Lipinski definition) is 1. The van der Waals surface area contributed by atoms with E-state index in [1.54, 1.807) is 0 Å². The molecule has 14 heavy (non-hydrogen) atoms. The van der Waals surface area contributed by atoms with Crippen molar-refractivity contribution in [2.24, 2.45) is 0 Å². The fraction of sp³-hybridized carbons (Fsp3) is 0.333. The van der Waals surface area contributed by atoms with E-state index < -0.39 is 11.9 Å². The van der Waals surface area contributed by atoms with Gasteiger partial charge in [0.15, 0.2) is 0 Å². The van der Waals surface area contributed by atoms with Crippen LogP contribution < -0.4 is 5.32 Å². The Bertz CT molecular complexity index is 317. The summed E-state index contributed by atoms with van der Waals surface area (Å²) in [6.07, 6.45) is 1.29. The molecule has 0 saturated carbocycles. The summed E-state index contributed by atoms with van der Waals surface area (Å²) in [4.78, 5) is 14.7. The number of halogens is 1. The summed E-state index contributed by atoms with van der Waals surface area (Å²) >= 11 is 0. The fourth-order valence-electron chi connectivity index (χ4n) is 0.917. The molecule has 1 aromatic rings. The molecule has 0 radical (unpaired) electrons. The quantitative estimate of drug-likeness (QED) is 0.569. The zero-order valence-corrected chi connectivity index (χ0v) is 7.79. The summed E-state index contributed by atoms with van der Waals surface area (Å²) in [6, 6.07) is 2.89. The highest BCUT2D eigenvalue weighted by Gasteiger charge is 2.10. The zero-order chi connectivity index (χ0) is 10.4. The van der Waals surface area contributed by atoms with Crippen molar-refractivity contribution in [1.82, 2.24) is 10.3 Å². The molecule has 4 nitrogen and oxygen atoms in total. The van der Waals surface area contributed by atoms with Gasteiger partial charge in [0, 0.05) is 19.9 Å². The van der Waals surface area contributed by atoms with Crippen molar-refractivity contribution < 1.29 is 13.9 Å². The van der Waals surface area contributed by atoms with Crippen molar-refractivity contribution in [3.05, 3.63) is 29.8 Å². The van der Waals surface area contributed by atoms with E-state index in [4.69, 9.17) is 4.74 Å². The van der Waals surface area contributed by atoms with Gasteiger partial charge >= 0.3 is 0 Å². The second-order valence-electron chi connectivity index (χ2n) is 2.59. The van der Waals surface area contributed by atoms with Crippen LogP contribution in [0.3, 0.4) is 0 Å². The van der Waals surface area contributed by atoms with Gasteiger partial charge in [-0.3, -0.25) is 4.79 Å². The van der Waals surface area contributed by atoms with Gasteiger partial charge < -0.3 is 10.1 Å². The number of pyridine rings is 1. The minimum absolute atomic E-state index is 0.0522. The molecule has 0 spiro atoms. The van der Waals surface area contributed by atoms with Crippen LogP contribution in [-0.2, 0) is 4.74 Å². The monoisotopic (exact) mass is 198 g/mol. The average molecular weight is 198 g/mol. The van der Waals surface area contributed by atoms with E-state index in [1.165, 1.54) is 25.4 Å². The van der Waals surface area contributed by atoms with Crippen LogP contribution in [0.15, 0.2) is 18.3 Å². The van der Waals surface area contributed by atoms with Crippen LogP contribution in [0.5, 0.6) is 0 Å². The lowest BCUT2D eigenvalue weighted by atomic mass is 10.2. The predicted octanol–water partition coefficient (Wildman–Crippen LogP) is 0.597. The summed E-state index contributed by atoms with van der Waals surface area (Å²) in [5, 5.41) is 2.50. The van der Waals surface area contributed by atoms with Crippen LogP contribution in [-0.4, -0.2) is 31.2 Å². The highest BCUT2D eigenvalue weighted by Crippen LogP contribution is 2.01. The van der Waals surface area contributed by atoms with Gasteiger partial charge in [-0.25, -0.2) is 4.98 Å². The highest BCUT2D eigenvalue weighted by atomic mass is 19.1. The number of aromatic nitrogens is 1. The first kappa shape index (κ1) is 10.6. The molecule has 0 saturated heterocycles. The first-order valence-corrected chi connectivity index (χ1v) is 4.13. The molecule has 0 unspecified atom stereocenters. The maximum absolute atomic E-state index is 12.9. The third-order valence-corrected chi connectivity index (χ3v) is 1.60. The maximum Gasteiger partial charge on any atom is 0.256 e. The lowest BCUT2D eigenvalue weighted by Crippen LogP contribution is -2.27. The van der Waals surface area contributed by atoms with Crippen LogP contribution in [0.2, 0.25) is 0 Å². The van der Waals surface area contributed by atoms with E-state index in [9.17, 15) is 9.18 Å². The Kier molecular flexibility index (Phi) is 4.00. The molecule has 0 aliphatic carbocycles. The van der Waals surface area contributed by atoms with Crippen LogP contribution in [0.25, 0.3) is 0 Å². The lowest BCUT2D eigenvalue weighted by molar-refractivity contribution is 0.0932. The van der Waals surface area contributed by atoms with E-state index in [2.05, 4.69) is 10.3 Å². The number of nitrogens with one attached hydrogen (secondary N) is 1. The number of amides is 1. The SMILES string of the molecule is COCCNC(=O)c1cccnc1F. The van der Waals surface area contributed by atoms with Gasteiger partial charge in [-0.05, 0) is 12.1 Å². The Hall–Kier alpha value is -1.49. The molecule has 1 N–H and O–H groups in total. The van der Waals surface area contributed by atoms with Crippen LogP contribution in [0, 0.1) is 5.95 Å². The maximum atomic E-state index is 12.9. The molecule has 76 valence electrons. The topological polar surface area (TPSA) is 51.2 Å². The number of carbonyl (C=O) groups excluding carboxylic acids is 1. The first-order chi connectivity index (χ1) is 6.75. The van der Waals surface area contributed by atoms with Crippen molar-refractivity contribution in [2.75, 3.05) is 20.3 Å². The van der Waals surface area contributed by atoms with Gasteiger partial charge in [0.1, 0.15) is 0 Å². The van der Waals surface area contributed by atoms with Crippen molar-refractivity contribution in [1.29, 1.82) is 0 Å². The number of methoxy groups -OCH3 is 1. The molecule has 0 bridgehead atoms. The Balaban J connectivity index is 2.56. The summed E-state index contributed by atoms with van der Waals surface area (Å²) in [5.74, 6) is -1.24. The predicted molar refractivity (Wildman–Crippen MR) is 48.4 cm³/mol. The van der Waals surface area contributed by atoms with Gasteiger partial charge in [0.25, 0.3) is 5.91 Å². The van der Waals surface area contributed by atoms with E-state index >= 15 is 0 Å². The van der Waals surface area contributed by atoms with E-state index in [0.29, 0.717) is 13.2 Å². The molecule has 1 rings (SSSR count). The van der Waals surface area contributed by atoms with Gasteiger partial charge in [0.2, 0.25) is 5.95 Å². The summed E-state index contributed by atoms with van der Waals surface area (Å²) in [5.41, 5.74) is -0.0522. The smallest absolute Gasteiger partial charge is 0.256 e. The average Bonchev–Trinajstić information content (AvgIpc) is 2.18. The zero-order valence-electron chi connectivity index (χ0n) is 7.79. The van der Waals surface area contributed by atoms with E-state index in [1.807, 2.05) is 0 Å². The Morgan fingerprint density at radius 3 is 3.14 bits per heavy atom. The second kappa shape index (κ2) is 5.29. The van der Waals surface area contributed by atoms with E-state index in [0.717, 1.165) is 0 Å². The Morgan fingerprint density at radius 1 is 1.71 bits per heavy atom. The van der Waals surface area contributed by atoms with Crippen molar-refractivity contribution in [2.45, 2.75) is 0 Å². The number of ether oxygens (including phenoxy) is 1. The van der Waals surface area contributed by atoms with Gasteiger partial charge in [-0.2, -0.15) is 4.39 Å². The van der Waals surface area contributed by atoms with Crippen molar-refractivity contribution >= 4 is 5.91 Å². The lowest BCUT2D eigenvalue weighted by Gasteiger charge is -2.04. The number of nitrogens with zero attached hydrogens (tertiary/aromatic N) is 1. The molecule has 5 heteroatoms. The third-order valence-electron chi connectivity index (χ3n) is 1.60. The normalized spacial score (nSPS) is 9.86. The molecule has 0 aliphatic rings. The molecule has 1 amide bonds. The second-order valence-corrected chi connectivity index (χ2v) is 2.59. The van der Waals surface area contributed by atoms with Gasteiger partial charge in [-0.1, -0.05) is 0 Å². The van der Waals surface area contributed by atoms with Gasteiger partial charge in [0.05, 0.1) is 12.2 Å². The molecule has 0 fully saturated rings. The molecule has 1 aromatic heterocycles. The largest absolute Gasteiger partial charge is 0.383 e. The van der Waals surface area contributed by atoms with Crippen LogP contribution >= 0.6 is 0 Å². The summed E-state index contributed by atoms with van der Waals surface area (Å²) in [6.45, 7) is 0.747. The highest BCUT2D eigenvalue weighted by molar-refractivity contribution is 5.94. The molecular weight excluding hydrogens is 187 g/mol. The van der Waals surface area contributed by atoms with Crippen LogP contribution in [0.4, 0.5) is 4.39 Å². The number of rotatable bonds is 4. The Morgan fingerprint density at radius 2 is 2.50 bits per heavy atom. The van der Waals surface area contributed by atoms with Crippen LogP contribution in [0.1, 0.15) is 10.4 Å².